The van der Waals surface area contributed by atoms with Crippen molar-refractivity contribution in [1.82, 2.24) is 10.2 Å². The second-order valence-electron chi connectivity index (χ2n) is 7.04. The third-order valence-corrected chi connectivity index (χ3v) is 5.20. The van der Waals surface area contributed by atoms with Crippen LogP contribution in [0.3, 0.4) is 0 Å². The van der Waals surface area contributed by atoms with Gasteiger partial charge in [0.1, 0.15) is 0 Å². The summed E-state index contributed by atoms with van der Waals surface area (Å²) in [6, 6.07) is 12.5. The van der Waals surface area contributed by atoms with Crippen molar-refractivity contribution in [3.05, 3.63) is 35.4 Å². The molecule has 1 aromatic rings. The first-order valence-corrected chi connectivity index (χ1v) is 8.66. The van der Waals surface area contributed by atoms with Crippen molar-refractivity contribution in [1.29, 1.82) is 5.26 Å². The molecule has 1 heterocycles. The Morgan fingerprint density at radius 3 is 2.55 bits per heavy atom. The molecule has 2 fully saturated rings. The Balaban J connectivity index is 1.68. The molecular formula is C19H27N3. The van der Waals surface area contributed by atoms with Gasteiger partial charge >= 0.3 is 0 Å². The number of hydrogen-bond donors (Lipinski definition) is 1. The number of rotatable bonds is 4. The Morgan fingerprint density at radius 1 is 1.14 bits per heavy atom. The SMILES string of the molecule is Cc1ccc(C2CC(NC3CCCC3)CN(CC#N)C2)cc1. The fourth-order valence-corrected chi connectivity index (χ4v) is 4.05. The summed E-state index contributed by atoms with van der Waals surface area (Å²) in [7, 11) is 0. The van der Waals surface area contributed by atoms with Crippen LogP contribution in [0.1, 0.15) is 49.1 Å². The molecule has 2 aliphatic rings. The van der Waals surface area contributed by atoms with Crippen LogP contribution in [-0.4, -0.2) is 36.6 Å². The topological polar surface area (TPSA) is 39.1 Å². The van der Waals surface area contributed by atoms with E-state index in [9.17, 15) is 0 Å². The van der Waals surface area contributed by atoms with E-state index in [0.717, 1.165) is 13.1 Å². The molecule has 118 valence electrons. The van der Waals surface area contributed by atoms with Crippen LogP contribution in [0.4, 0.5) is 0 Å². The van der Waals surface area contributed by atoms with Crippen molar-refractivity contribution in [2.45, 2.75) is 57.0 Å². The van der Waals surface area contributed by atoms with Crippen LogP contribution in [0, 0.1) is 18.3 Å². The third-order valence-electron chi connectivity index (χ3n) is 5.20. The Labute approximate surface area is 134 Å². The summed E-state index contributed by atoms with van der Waals surface area (Å²) in [5.74, 6) is 0.543. The van der Waals surface area contributed by atoms with Gasteiger partial charge < -0.3 is 5.32 Å². The zero-order valence-corrected chi connectivity index (χ0v) is 13.6. The first kappa shape index (κ1) is 15.5. The molecule has 0 radical (unpaired) electrons. The Kier molecular flexibility index (Phi) is 5.12. The molecule has 1 saturated carbocycles. The van der Waals surface area contributed by atoms with Gasteiger partial charge in [0.2, 0.25) is 0 Å². The van der Waals surface area contributed by atoms with E-state index in [4.69, 9.17) is 5.26 Å². The number of nitrogens with one attached hydrogen (secondary N) is 1. The lowest BCUT2D eigenvalue weighted by atomic mass is 9.87. The maximum Gasteiger partial charge on any atom is 0.0866 e. The first-order chi connectivity index (χ1) is 10.7. The molecule has 3 nitrogen and oxygen atoms in total. The highest BCUT2D eigenvalue weighted by Crippen LogP contribution is 2.28. The number of aryl methyl sites for hydroxylation is 1. The van der Waals surface area contributed by atoms with Crippen LogP contribution in [0.2, 0.25) is 0 Å². The molecule has 1 aromatic carbocycles. The molecule has 1 N–H and O–H groups in total. The van der Waals surface area contributed by atoms with Gasteiger partial charge in [-0.15, -0.1) is 0 Å². The summed E-state index contributed by atoms with van der Waals surface area (Å²) < 4.78 is 0. The molecule has 1 aliphatic heterocycles. The highest BCUT2D eigenvalue weighted by atomic mass is 15.2. The average Bonchev–Trinajstić information content (AvgIpc) is 3.01. The standard InChI is InChI=1S/C19H27N3/c1-15-6-8-16(9-7-15)17-12-19(14-22(13-17)11-10-20)21-18-4-2-3-5-18/h6-9,17-19,21H,2-5,11-14H2,1H3. The normalized spacial score (nSPS) is 26.9. The molecule has 0 amide bonds. The van der Waals surface area contributed by atoms with Crippen molar-refractivity contribution in [2.24, 2.45) is 0 Å². The van der Waals surface area contributed by atoms with Crippen molar-refractivity contribution in [3.8, 4) is 6.07 Å². The lowest BCUT2D eigenvalue weighted by Gasteiger charge is -2.38. The fraction of sp³-hybridized carbons (Fsp3) is 0.632. The Morgan fingerprint density at radius 2 is 1.86 bits per heavy atom. The second-order valence-corrected chi connectivity index (χ2v) is 7.04. The van der Waals surface area contributed by atoms with E-state index in [-0.39, 0.29) is 0 Å². The molecule has 2 atom stereocenters. The van der Waals surface area contributed by atoms with Crippen LogP contribution in [0.15, 0.2) is 24.3 Å². The van der Waals surface area contributed by atoms with E-state index < -0.39 is 0 Å². The molecule has 0 aromatic heterocycles. The molecule has 0 bridgehead atoms. The highest BCUT2D eigenvalue weighted by molar-refractivity contribution is 5.25. The lowest BCUT2D eigenvalue weighted by molar-refractivity contribution is 0.180. The molecule has 3 heteroatoms. The highest BCUT2D eigenvalue weighted by Gasteiger charge is 2.30. The van der Waals surface area contributed by atoms with Crippen LogP contribution in [-0.2, 0) is 0 Å². The summed E-state index contributed by atoms with van der Waals surface area (Å²) in [4.78, 5) is 2.32. The monoisotopic (exact) mass is 297 g/mol. The number of likely N-dealkylation sites (tertiary alicyclic amines) is 1. The largest absolute Gasteiger partial charge is 0.310 e. The predicted octanol–water partition coefficient (Wildman–Crippen LogP) is 3.21. The van der Waals surface area contributed by atoms with Crippen molar-refractivity contribution >= 4 is 0 Å². The van der Waals surface area contributed by atoms with Gasteiger partial charge in [-0.05, 0) is 37.7 Å². The molecule has 1 saturated heterocycles. The molecular weight excluding hydrogens is 270 g/mol. The van der Waals surface area contributed by atoms with Gasteiger partial charge in [0.05, 0.1) is 12.6 Å². The zero-order chi connectivity index (χ0) is 15.4. The van der Waals surface area contributed by atoms with Crippen LogP contribution >= 0.6 is 0 Å². The second kappa shape index (κ2) is 7.26. The number of nitriles is 1. The maximum absolute atomic E-state index is 9.07. The third kappa shape index (κ3) is 3.88. The summed E-state index contributed by atoms with van der Waals surface area (Å²) in [6.45, 7) is 4.72. The first-order valence-electron chi connectivity index (χ1n) is 8.66. The van der Waals surface area contributed by atoms with Gasteiger partial charge in [0, 0.05) is 25.2 Å². The van der Waals surface area contributed by atoms with E-state index in [1.807, 2.05) is 0 Å². The van der Waals surface area contributed by atoms with Gasteiger partial charge in [0.15, 0.2) is 0 Å². The Hall–Kier alpha value is -1.37. The van der Waals surface area contributed by atoms with Gasteiger partial charge in [-0.25, -0.2) is 0 Å². The lowest BCUT2D eigenvalue weighted by Crippen LogP contribution is -2.50. The van der Waals surface area contributed by atoms with Crippen molar-refractivity contribution < 1.29 is 0 Å². The zero-order valence-electron chi connectivity index (χ0n) is 13.6. The van der Waals surface area contributed by atoms with Gasteiger partial charge in [0.25, 0.3) is 0 Å². The van der Waals surface area contributed by atoms with Crippen LogP contribution in [0.5, 0.6) is 0 Å². The molecule has 2 unspecified atom stereocenters. The quantitative estimate of drug-likeness (QED) is 0.867. The van der Waals surface area contributed by atoms with Crippen LogP contribution in [0.25, 0.3) is 0 Å². The van der Waals surface area contributed by atoms with E-state index in [1.165, 1.54) is 43.2 Å². The van der Waals surface area contributed by atoms with E-state index in [1.54, 1.807) is 0 Å². The average molecular weight is 297 g/mol. The Bertz CT molecular complexity index is 510. The van der Waals surface area contributed by atoms with E-state index in [0.29, 0.717) is 24.5 Å². The van der Waals surface area contributed by atoms with E-state index >= 15 is 0 Å². The minimum absolute atomic E-state index is 0.525. The summed E-state index contributed by atoms with van der Waals surface area (Å²) in [5.41, 5.74) is 2.74. The van der Waals surface area contributed by atoms with Gasteiger partial charge in [-0.3, -0.25) is 4.90 Å². The van der Waals surface area contributed by atoms with Crippen LogP contribution < -0.4 is 5.32 Å². The number of nitrogens with zero attached hydrogens (tertiary/aromatic N) is 2. The molecule has 22 heavy (non-hydrogen) atoms. The number of hydrogen-bond acceptors (Lipinski definition) is 3. The van der Waals surface area contributed by atoms with E-state index in [2.05, 4.69) is 47.5 Å². The minimum Gasteiger partial charge on any atom is -0.310 e. The maximum atomic E-state index is 9.07. The number of benzene rings is 1. The van der Waals surface area contributed by atoms with Gasteiger partial charge in [-0.2, -0.15) is 5.26 Å². The molecule has 0 spiro atoms. The van der Waals surface area contributed by atoms with Gasteiger partial charge in [-0.1, -0.05) is 42.7 Å². The molecule has 1 aliphatic carbocycles. The van der Waals surface area contributed by atoms with Crippen molar-refractivity contribution in [2.75, 3.05) is 19.6 Å². The molecule has 3 rings (SSSR count). The fourth-order valence-electron chi connectivity index (χ4n) is 4.05. The predicted molar refractivity (Wildman–Crippen MR) is 89.8 cm³/mol. The smallest absolute Gasteiger partial charge is 0.0866 e. The summed E-state index contributed by atoms with van der Waals surface area (Å²) in [6.07, 6.45) is 6.58. The number of piperidine rings is 1. The minimum atomic E-state index is 0.525. The van der Waals surface area contributed by atoms with Crippen molar-refractivity contribution in [3.63, 3.8) is 0 Å². The summed E-state index contributed by atoms with van der Waals surface area (Å²) >= 11 is 0. The summed E-state index contributed by atoms with van der Waals surface area (Å²) in [5, 5.41) is 12.9.